The van der Waals surface area contributed by atoms with Gasteiger partial charge in [-0.1, -0.05) is 28.1 Å². The Hall–Kier alpha value is -1.26. The van der Waals surface area contributed by atoms with Crippen molar-refractivity contribution in [2.24, 2.45) is 0 Å². The molecule has 0 aliphatic heterocycles. The van der Waals surface area contributed by atoms with Gasteiger partial charge >= 0.3 is 0 Å². The first kappa shape index (κ1) is 14.2. The minimum atomic E-state index is -0.266. The predicted octanol–water partition coefficient (Wildman–Crippen LogP) is 4.23. The van der Waals surface area contributed by atoms with Gasteiger partial charge in [0.2, 0.25) is 0 Å². The molecule has 0 saturated heterocycles. The standard InChI is InChI=1S/C15H14BrF2N/c1-19-15(8-10-2-4-11(17)5-3-10)13-9-12(18)6-7-14(13)16/h2-7,9,15,19H,8H2,1H3. The molecular formula is C15H14BrF2N. The monoisotopic (exact) mass is 325 g/mol. The van der Waals surface area contributed by atoms with Crippen LogP contribution in [0.4, 0.5) is 8.78 Å². The zero-order chi connectivity index (χ0) is 13.8. The number of nitrogens with one attached hydrogen (secondary N) is 1. The summed E-state index contributed by atoms with van der Waals surface area (Å²) < 4.78 is 27.1. The fourth-order valence-corrected chi connectivity index (χ4v) is 2.53. The van der Waals surface area contributed by atoms with Gasteiger partial charge in [-0.15, -0.1) is 0 Å². The summed E-state index contributed by atoms with van der Waals surface area (Å²) in [4.78, 5) is 0. The third kappa shape index (κ3) is 3.61. The molecule has 0 aromatic heterocycles. The van der Waals surface area contributed by atoms with Crippen LogP contribution >= 0.6 is 15.9 Å². The summed E-state index contributed by atoms with van der Waals surface area (Å²) in [7, 11) is 1.82. The molecule has 0 spiro atoms. The van der Waals surface area contributed by atoms with E-state index in [9.17, 15) is 8.78 Å². The number of halogens is 3. The first-order valence-corrected chi connectivity index (χ1v) is 6.76. The van der Waals surface area contributed by atoms with E-state index in [1.54, 1.807) is 18.2 Å². The molecule has 4 heteroatoms. The number of rotatable bonds is 4. The SMILES string of the molecule is CNC(Cc1ccc(F)cc1)c1cc(F)ccc1Br. The molecule has 0 heterocycles. The van der Waals surface area contributed by atoms with Crippen molar-refractivity contribution in [1.29, 1.82) is 0 Å². The van der Waals surface area contributed by atoms with Gasteiger partial charge in [0.25, 0.3) is 0 Å². The van der Waals surface area contributed by atoms with Gasteiger partial charge in [-0.3, -0.25) is 0 Å². The van der Waals surface area contributed by atoms with Crippen LogP contribution in [0.25, 0.3) is 0 Å². The van der Waals surface area contributed by atoms with Gasteiger partial charge in [0.15, 0.2) is 0 Å². The third-order valence-corrected chi connectivity index (χ3v) is 3.76. The van der Waals surface area contributed by atoms with Crippen LogP contribution in [0.15, 0.2) is 46.9 Å². The molecule has 2 aromatic rings. The molecular weight excluding hydrogens is 312 g/mol. The average molecular weight is 326 g/mol. The van der Waals surface area contributed by atoms with E-state index in [1.807, 2.05) is 7.05 Å². The minimum Gasteiger partial charge on any atom is -0.313 e. The average Bonchev–Trinajstić information content (AvgIpc) is 2.41. The Balaban J connectivity index is 2.24. The van der Waals surface area contributed by atoms with Crippen molar-refractivity contribution in [2.75, 3.05) is 7.05 Å². The van der Waals surface area contributed by atoms with E-state index in [-0.39, 0.29) is 17.7 Å². The topological polar surface area (TPSA) is 12.0 Å². The summed E-state index contributed by atoms with van der Waals surface area (Å²) in [5, 5.41) is 3.16. The summed E-state index contributed by atoms with van der Waals surface area (Å²) in [6.45, 7) is 0. The smallest absolute Gasteiger partial charge is 0.123 e. The van der Waals surface area contributed by atoms with Gasteiger partial charge in [-0.25, -0.2) is 8.78 Å². The third-order valence-electron chi connectivity index (χ3n) is 3.04. The highest BCUT2D eigenvalue weighted by atomic mass is 79.9. The van der Waals surface area contributed by atoms with Crippen LogP contribution in [0.3, 0.4) is 0 Å². The molecule has 0 aliphatic rings. The maximum absolute atomic E-state index is 13.3. The first-order valence-electron chi connectivity index (χ1n) is 5.97. The number of benzene rings is 2. The summed E-state index contributed by atoms with van der Waals surface area (Å²) in [6.07, 6.45) is 0.666. The maximum Gasteiger partial charge on any atom is 0.123 e. The molecule has 0 fully saturated rings. The molecule has 19 heavy (non-hydrogen) atoms. The highest BCUT2D eigenvalue weighted by Crippen LogP contribution is 2.26. The van der Waals surface area contributed by atoms with Gasteiger partial charge in [-0.2, -0.15) is 0 Å². The molecule has 0 radical (unpaired) electrons. The zero-order valence-corrected chi connectivity index (χ0v) is 12.0. The van der Waals surface area contributed by atoms with E-state index in [0.717, 1.165) is 15.6 Å². The molecule has 0 amide bonds. The van der Waals surface area contributed by atoms with E-state index >= 15 is 0 Å². The molecule has 2 aromatic carbocycles. The van der Waals surface area contributed by atoms with Crippen molar-refractivity contribution in [3.05, 3.63) is 69.7 Å². The Bertz CT molecular complexity index is 555. The van der Waals surface area contributed by atoms with E-state index in [1.165, 1.54) is 24.3 Å². The van der Waals surface area contributed by atoms with Crippen molar-refractivity contribution < 1.29 is 8.78 Å². The first-order chi connectivity index (χ1) is 9.10. The van der Waals surface area contributed by atoms with Crippen molar-refractivity contribution >= 4 is 15.9 Å². The Morgan fingerprint density at radius 1 is 1.05 bits per heavy atom. The zero-order valence-electron chi connectivity index (χ0n) is 10.5. The fourth-order valence-electron chi connectivity index (χ4n) is 2.01. The van der Waals surface area contributed by atoms with Crippen LogP contribution < -0.4 is 5.32 Å². The van der Waals surface area contributed by atoms with Gasteiger partial charge in [0.05, 0.1) is 0 Å². The molecule has 2 rings (SSSR count). The Morgan fingerprint density at radius 2 is 1.68 bits per heavy atom. The van der Waals surface area contributed by atoms with Crippen LogP contribution in [-0.4, -0.2) is 7.05 Å². The second kappa shape index (κ2) is 6.26. The van der Waals surface area contributed by atoms with Gasteiger partial charge in [-0.05, 0) is 54.9 Å². The lowest BCUT2D eigenvalue weighted by atomic mass is 9.99. The normalized spacial score (nSPS) is 12.4. The minimum absolute atomic E-state index is 0.0319. The van der Waals surface area contributed by atoms with Gasteiger partial charge in [0, 0.05) is 10.5 Å². The van der Waals surface area contributed by atoms with Crippen molar-refractivity contribution in [3.63, 3.8) is 0 Å². The van der Waals surface area contributed by atoms with Crippen LogP contribution in [0.2, 0.25) is 0 Å². The molecule has 0 aliphatic carbocycles. The quantitative estimate of drug-likeness (QED) is 0.887. The van der Waals surface area contributed by atoms with Crippen LogP contribution in [-0.2, 0) is 6.42 Å². The molecule has 1 nitrogen and oxygen atoms in total. The summed E-state index contributed by atoms with van der Waals surface area (Å²) in [6, 6.07) is 10.9. The second-order valence-electron chi connectivity index (χ2n) is 4.34. The highest BCUT2D eigenvalue weighted by molar-refractivity contribution is 9.10. The van der Waals surface area contributed by atoms with Crippen LogP contribution in [0.5, 0.6) is 0 Å². The Labute approximate surface area is 119 Å². The van der Waals surface area contributed by atoms with Crippen LogP contribution in [0.1, 0.15) is 17.2 Å². The molecule has 0 saturated carbocycles. The molecule has 1 atom stereocenters. The molecule has 1 unspecified atom stereocenters. The Morgan fingerprint density at radius 3 is 2.32 bits per heavy atom. The van der Waals surface area contributed by atoms with Crippen molar-refractivity contribution in [2.45, 2.75) is 12.5 Å². The van der Waals surface area contributed by atoms with E-state index in [0.29, 0.717) is 6.42 Å². The van der Waals surface area contributed by atoms with E-state index in [4.69, 9.17) is 0 Å². The number of hydrogen-bond acceptors (Lipinski definition) is 1. The molecule has 0 bridgehead atoms. The lowest BCUT2D eigenvalue weighted by molar-refractivity contribution is 0.573. The lowest BCUT2D eigenvalue weighted by Crippen LogP contribution is -2.19. The molecule has 100 valence electrons. The van der Waals surface area contributed by atoms with Crippen molar-refractivity contribution in [1.82, 2.24) is 5.32 Å². The number of likely N-dealkylation sites (N-methyl/N-ethyl adjacent to an activating group) is 1. The maximum atomic E-state index is 13.3. The second-order valence-corrected chi connectivity index (χ2v) is 5.19. The summed E-state index contributed by atoms with van der Waals surface area (Å²) in [5.74, 6) is -0.519. The fraction of sp³-hybridized carbons (Fsp3) is 0.200. The van der Waals surface area contributed by atoms with E-state index < -0.39 is 0 Å². The molecule has 1 N–H and O–H groups in total. The summed E-state index contributed by atoms with van der Waals surface area (Å²) in [5.41, 5.74) is 1.85. The highest BCUT2D eigenvalue weighted by Gasteiger charge is 2.14. The van der Waals surface area contributed by atoms with Crippen molar-refractivity contribution in [3.8, 4) is 0 Å². The largest absolute Gasteiger partial charge is 0.313 e. The van der Waals surface area contributed by atoms with Gasteiger partial charge in [0.1, 0.15) is 11.6 Å². The predicted molar refractivity (Wildman–Crippen MR) is 76.0 cm³/mol. The van der Waals surface area contributed by atoms with E-state index in [2.05, 4.69) is 21.2 Å². The summed E-state index contributed by atoms with van der Waals surface area (Å²) >= 11 is 3.43. The van der Waals surface area contributed by atoms with Crippen LogP contribution in [0, 0.1) is 11.6 Å². The lowest BCUT2D eigenvalue weighted by Gasteiger charge is -2.18. The Kier molecular flexibility index (Phi) is 4.66. The van der Waals surface area contributed by atoms with Gasteiger partial charge < -0.3 is 5.32 Å². The number of hydrogen-bond donors (Lipinski definition) is 1.